The standard InChI is InChI=1S/C15H10ClNO2S/c1-19-15(18)13-8-10(9-17)2-7-14(13)20-12-5-3-11(16)4-6-12/h2-8H,1H3. The molecule has 0 aliphatic heterocycles. The van der Waals surface area contributed by atoms with Crippen molar-refractivity contribution in [2.24, 2.45) is 0 Å². The molecule has 0 aliphatic carbocycles. The van der Waals surface area contributed by atoms with E-state index in [0.29, 0.717) is 16.1 Å². The Bertz CT molecular complexity index is 677. The number of nitrogens with zero attached hydrogens (tertiary/aromatic N) is 1. The fourth-order valence-electron chi connectivity index (χ4n) is 1.59. The molecule has 0 aromatic heterocycles. The van der Waals surface area contributed by atoms with E-state index in [1.807, 2.05) is 18.2 Å². The number of halogens is 1. The molecule has 5 heteroatoms. The van der Waals surface area contributed by atoms with Crippen molar-refractivity contribution in [2.45, 2.75) is 9.79 Å². The van der Waals surface area contributed by atoms with Crippen LogP contribution in [-0.4, -0.2) is 13.1 Å². The molecule has 0 bridgehead atoms. The predicted molar refractivity (Wildman–Crippen MR) is 78.1 cm³/mol. The van der Waals surface area contributed by atoms with Gasteiger partial charge in [0.2, 0.25) is 0 Å². The van der Waals surface area contributed by atoms with E-state index >= 15 is 0 Å². The van der Waals surface area contributed by atoms with E-state index < -0.39 is 5.97 Å². The number of carbonyl (C=O) groups is 1. The summed E-state index contributed by atoms with van der Waals surface area (Å²) in [5.74, 6) is -0.460. The monoisotopic (exact) mass is 303 g/mol. The quantitative estimate of drug-likeness (QED) is 0.799. The number of hydrogen-bond donors (Lipinski definition) is 0. The highest BCUT2D eigenvalue weighted by Gasteiger charge is 2.14. The number of nitriles is 1. The van der Waals surface area contributed by atoms with E-state index in [9.17, 15) is 4.79 Å². The van der Waals surface area contributed by atoms with E-state index in [-0.39, 0.29) is 0 Å². The summed E-state index contributed by atoms with van der Waals surface area (Å²) in [5, 5.41) is 9.56. The summed E-state index contributed by atoms with van der Waals surface area (Å²) in [7, 11) is 1.32. The summed E-state index contributed by atoms with van der Waals surface area (Å²) in [6.07, 6.45) is 0. The predicted octanol–water partition coefficient (Wildman–Crippen LogP) is 4.15. The number of rotatable bonds is 3. The number of hydrogen-bond acceptors (Lipinski definition) is 4. The van der Waals surface area contributed by atoms with Crippen LogP contribution in [0.3, 0.4) is 0 Å². The molecule has 20 heavy (non-hydrogen) atoms. The minimum atomic E-state index is -0.460. The third-order valence-corrected chi connectivity index (χ3v) is 3.89. The van der Waals surface area contributed by atoms with Gasteiger partial charge in [0, 0.05) is 14.8 Å². The Labute approximate surface area is 126 Å². The zero-order chi connectivity index (χ0) is 14.5. The zero-order valence-corrected chi connectivity index (χ0v) is 12.2. The number of esters is 1. The highest BCUT2D eigenvalue weighted by atomic mass is 35.5. The molecule has 0 unspecified atom stereocenters. The summed E-state index contributed by atoms with van der Waals surface area (Å²) in [4.78, 5) is 13.5. The topological polar surface area (TPSA) is 50.1 Å². The van der Waals surface area contributed by atoms with Gasteiger partial charge in [0.25, 0.3) is 0 Å². The molecule has 0 fully saturated rings. The molecule has 0 N–H and O–H groups in total. The molecule has 3 nitrogen and oxygen atoms in total. The first kappa shape index (κ1) is 14.4. The zero-order valence-electron chi connectivity index (χ0n) is 10.6. The Morgan fingerprint density at radius 3 is 2.55 bits per heavy atom. The number of methoxy groups -OCH3 is 1. The molecular formula is C15H10ClNO2S. The lowest BCUT2D eigenvalue weighted by Crippen LogP contribution is -2.03. The Morgan fingerprint density at radius 2 is 1.95 bits per heavy atom. The largest absolute Gasteiger partial charge is 0.465 e. The molecule has 0 saturated heterocycles. The fourth-order valence-corrected chi connectivity index (χ4v) is 2.63. The molecule has 100 valence electrons. The highest BCUT2D eigenvalue weighted by molar-refractivity contribution is 7.99. The van der Waals surface area contributed by atoms with Crippen molar-refractivity contribution in [1.29, 1.82) is 5.26 Å². The molecule has 2 aromatic carbocycles. The summed E-state index contributed by atoms with van der Waals surface area (Å²) in [5.41, 5.74) is 0.803. The van der Waals surface area contributed by atoms with Crippen LogP contribution in [0, 0.1) is 11.3 Å². The lowest BCUT2D eigenvalue weighted by molar-refractivity contribution is 0.0596. The van der Waals surface area contributed by atoms with Crippen LogP contribution < -0.4 is 0 Å². The van der Waals surface area contributed by atoms with Crippen molar-refractivity contribution in [3.8, 4) is 6.07 Å². The van der Waals surface area contributed by atoms with Gasteiger partial charge in [0.15, 0.2) is 0 Å². The molecular weight excluding hydrogens is 294 g/mol. The van der Waals surface area contributed by atoms with E-state index in [0.717, 1.165) is 9.79 Å². The van der Waals surface area contributed by atoms with Crippen LogP contribution >= 0.6 is 23.4 Å². The Kier molecular flexibility index (Phi) is 4.67. The van der Waals surface area contributed by atoms with Gasteiger partial charge in [-0.1, -0.05) is 23.4 Å². The van der Waals surface area contributed by atoms with E-state index in [2.05, 4.69) is 0 Å². The Hall–Kier alpha value is -1.96. The Balaban J connectivity index is 2.38. The maximum atomic E-state index is 11.8. The minimum Gasteiger partial charge on any atom is -0.465 e. The summed E-state index contributed by atoms with van der Waals surface area (Å²) < 4.78 is 4.75. The maximum Gasteiger partial charge on any atom is 0.339 e. The van der Waals surface area contributed by atoms with Crippen molar-refractivity contribution < 1.29 is 9.53 Å². The van der Waals surface area contributed by atoms with Gasteiger partial charge in [-0.3, -0.25) is 0 Å². The van der Waals surface area contributed by atoms with Crippen molar-refractivity contribution in [2.75, 3.05) is 7.11 Å². The highest BCUT2D eigenvalue weighted by Crippen LogP contribution is 2.32. The smallest absolute Gasteiger partial charge is 0.339 e. The van der Waals surface area contributed by atoms with Crippen molar-refractivity contribution in [3.63, 3.8) is 0 Å². The number of ether oxygens (including phenoxy) is 1. The van der Waals surface area contributed by atoms with Crippen LogP contribution in [0.4, 0.5) is 0 Å². The first-order valence-electron chi connectivity index (χ1n) is 5.70. The molecule has 0 saturated carbocycles. The SMILES string of the molecule is COC(=O)c1cc(C#N)ccc1Sc1ccc(Cl)cc1. The summed E-state index contributed by atoms with van der Waals surface area (Å²) in [6, 6.07) is 14.3. The van der Waals surface area contributed by atoms with Crippen LogP contribution in [-0.2, 0) is 4.74 Å². The molecule has 2 rings (SSSR count). The van der Waals surface area contributed by atoms with Gasteiger partial charge in [-0.2, -0.15) is 5.26 Å². The van der Waals surface area contributed by atoms with E-state index in [1.54, 1.807) is 24.3 Å². The average Bonchev–Trinajstić information content (AvgIpc) is 2.49. The average molecular weight is 304 g/mol. The van der Waals surface area contributed by atoms with Gasteiger partial charge >= 0.3 is 5.97 Å². The van der Waals surface area contributed by atoms with Crippen LogP contribution in [0.5, 0.6) is 0 Å². The van der Waals surface area contributed by atoms with Crippen LogP contribution in [0.25, 0.3) is 0 Å². The maximum absolute atomic E-state index is 11.8. The van der Waals surface area contributed by atoms with Gasteiger partial charge in [-0.05, 0) is 42.5 Å². The fraction of sp³-hybridized carbons (Fsp3) is 0.0667. The van der Waals surface area contributed by atoms with E-state index in [4.69, 9.17) is 21.6 Å². The van der Waals surface area contributed by atoms with Crippen LogP contribution in [0.1, 0.15) is 15.9 Å². The number of benzene rings is 2. The second kappa shape index (κ2) is 6.47. The van der Waals surface area contributed by atoms with Crippen molar-refractivity contribution in [3.05, 3.63) is 58.6 Å². The molecule has 0 aliphatic rings. The normalized spacial score (nSPS) is 9.85. The van der Waals surface area contributed by atoms with Gasteiger partial charge in [-0.25, -0.2) is 4.79 Å². The lowest BCUT2D eigenvalue weighted by atomic mass is 10.1. The van der Waals surface area contributed by atoms with E-state index in [1.165, 1.54) is 24.9 Å². The molecule has 2 aromatic rings. The first-order valence-corrected chi connectivity index (χ1v) is 6.89. The van der Waals surface area contributed by atoms with Gasteiger partial charge in [0.05, 0.1) is 24.3 Å². The van der Waals surface area contributed by atoms with Gasteiger partial charge < -0.3 is 4.74 Å². The molecule has 0 radical (unpaired) electrons. The third-order valence-electron chi connectivity index (χ3n) is 2.56. The van der Waals surface area contributed by atoms with Gasteiger partial charge in [0.1, 0.15) is 0 Å². The molecule has 0 spiro atoms. The van der Waals surface area contributed by atoms with Crippen molar-refractivity contribution >= 4 is 29.3 Å². The van der Waals surface area contributed by atoms with Crippen LogP contribution in [0.2, 0.25) is 5.02 Å². The second-order valence-corrected chi connectivity index (χ2v) is 5.42. The third kappa shape index (κ3) is 3.32. The van der Waals surface area contributed by atoms with Crippen LogP contribution in [0.15, 0.2) is 52.3 Å². The minimum absolute atomic E-state index is 0.381. The number of carbonyl (C=O) groups excluding carboxylic acids is 1. The first-order chi connectivity index (χ1) is 9.63. The molecule has 0 amide bonds. The lowest BCUT2D eigenvalue weighted by Gasteiger charge is -2.08. The molecule has 0 heterocycles. The van der Waals surface area contributed by atoms with Gasteiger partial charge in [-0.15, -0.1) is 0 Å². The molecule has 0 atom stereocenters. The summed E-state index contributed by atoms with van der Waals surface area (Å²) in [6.45, 7) is 0. The second-order valence-electron chi connectivity index (χ2n) is 3.87. The summed E-state index contributed by atoms with van der Waals surface area (Å²) >= 11 is 7.26. The Morgan fingerprint density at radius 1 is 1.25 bits per heavy atom. The van der Waals surface area contributed by atoms with Crippen molar-refractivity contribution in [1.82, 2.24) is 0 Å².